The number of hydrogen-bond acceptors (Lipinski definition) is 14. The molecule has 0 N–H and O–H groups in total. The zero-order chi connectivity index (χ0) is 51.0. The highest BCUT2D eigenvalue weighted by molar-refractivity contribution is 9.10. The Hall–Kier alpha value is -3.86. The highest BCUT2D eigenvalue weighted by Crippen LogP contribution is 2.11. The van der Waals surface area contributed by atoms with Crippen molar-refractivity contribution in [2.45, 2.75) is 12.8 Å². The van der Waals surface area contributed by atoms with Gasteiger partial charge in [-0.2, -0.15) is 0 Å². The first-order valence-electron chi connectivity index (χ1n) is 23.1. The standard InChI is InChI=1S/C42H64Br4N10O14/c43-25-33(57)47-3-11-51(12-4-47)37(61)29-55(30-38(62)52-13-5-48(6-14-52)34(58)26-44)41(65)69-23-21-67-19-1-2-20-68-22-24-70-42(66)56(31-39(63)53-15-7-49(8-16-53)35(59)27-45)32-40(64)54-17-9-50(10-18-54)36(60)28-46/h1-32H2. The van der Waals surface area contributed by atoms with Gasteiger partial charge in [0.2, 0.25) is 47.3 Å². The second kappa shape index (κ2) is 31.6. The fourth-order valence-electron chi connectivity index (χ4n) is 7.75. The molecule has 0 saturated carbocycles. The Bertz CT molecular complexity index is 1570. The van der Waals surface area contributed by atoms with E-state index in [0.717, 1.165) is 9.80 Å². The maximum Gasteiger partial charge on any atom is 0.410 e. The summed E-state index contributed by atoms with van der Waals surface area (Å²) < 4.78 is 22.1. The summed E-state index contributed by atoms with van der Waals surface area (Å²) in [6.45, 7) is 3.82. The molecule has 4 rings (SSSR count). The number of carbonyl (C=O) groups excluding carboxylic acids is 10. The quantitative estimate of drug-likeness (QED) is 0.0876. The predicted molar refractivity (Wildman–Crippen MR) is 265 cm³/mol. The van der Waals surface area contributed by atoms with Gasteiger partial charge >= 0.3 is 12.2 Å². The van der Waals surface area contributed by atoms with Gasteiger partial charge in [0, 0.05) is 118 Å². The van der Waals surface area contributed by atoms with E-state index in [0.29, 0.717) is 78.4 Å². The van der Waals surface area contributed by atoms with Crippen molar-refractivity contribution >= 4 is 123 Å². The summed E-state index contributed by atoms with van der Waals surface area (Å²) in [5.41, 5.74) is 0. The molecule has 0 radical (unpaired) electrons. The van der Waals surface area contributed by atoms with Crippen LogP contribution in [-0.4, -0.2) is 300 Å². The average Bonchev–Trinajstić information content (AvgIpc) is 3.39. The van der Waals surface area contributed by atoms with Gasteiger partial charge in [-0.1, -0.05) is 63.7 Å². The number of ether oxygens (including phenoxy) is 4. The molecule has 10 amide bonds. The van der Waals surface area contributed by atoms with Crippen LogP contribution in [0.4, 0.5) is 9.59 Å². The van der Waals surface area contributed by atoms with Crippen LogP contribution in [-0.2, 0) is 57.3 Å². The minimum absolute atomic E-state index is 0.0486. The number of hydrogen-bond donors (Lipinski definition) is 0. The molecular weight excluding hydrogens is 1190 g/mol. The van der Waals surface area contributed by atoms with Crippen molar-refractivity contribution < 1.29 is 66.9 Å². The summed E-state index contributed by atoms with van der Waals surface area (Å²) in [5, 5.41) is 0.701. The molecule has 4 aliphatic heterocycles. The first-order chi connectivity index (χ1) is 33.7. The molecule has 24 nitrogen and oxygen atoms in total. The Kier molecular flexibility index (Phi) is 26.5. The van der Waals surface area contributed by atoms with Crippen LogP contribution in [0, 0.1) is 0 Å². The molecule has 394 valence electrons. The molecule has 4 heterocycles. The minimum Gasteiger partial charge on any atom is -0.447 e. The van der Waals surface area contributed by atoms with E-state index >= 15 is 0 Å². The van der Waals surface area contributed by atoms with Gasteiger partial charge in [0.05, 0.1) is 34.5 Å². The van der Waals surface area contributed by atoms with Crippen molar-refractivity contribution in [3.8, 4) is 0 Å². The number of amides is 10. The Morgan fingerprint density at radius 2 is 0.500 bits per heavy atom. The van der Waals surface area contributed by atoms with Gasteiger partial charge in [-0.3, -0.25) is 48.2 Å². The number of alkyl halides is 4. The van der Waals surface area contributed by atoms with Crippen LogP contribution in [0.5, 0.6) is 0 Å². The van der Waals surface area contributed by atoms with E-state index in [2.05, 4.69) is 63.7 Å². The second-order valence-corrected chi connectivity index (χ2v) is 18.7. The summed E-state index contributed by atoms with van der Waals surface area (Å²) in [6.07, 6.45) is -0.557. The topological polar surface area (TPSA) is 240 Å². The molecule has 0 spiro atoms. The lowest BCUT2D eigenvalue weighted by Crippen LogP contribution is -2.55. The molecule has 0 unspecified atom stereocenters. The van der Waals surface area contributed by atoms with E-state index in [9.17, 15) is 47.9 Å². The number of carbonyl (C=O) groups is 10. The van der Waals surface area contributed by atoms with Gasteiger partial charge in [0.1, 0.15) is 39.4 Å². The summed E-state index contributed by atoms with van der Waals surface area (Å²) in [4.78, 5) is 143. The summed E-state index contributed by atoms with van der Waals surface area (Å²) in [7, 11) is 0. The molecule has 4 fully saturated rings. The number of nitrogens with zero attached hydrogens (tertiary/aromatic N) is 10. The Labute approximate surface area is 441 Å². The van der Waals surface area contributed by atoms with Crippen molar-refractivity contribution in [2.75, 3.05) is 192 Å². The molecule has 0 aromatic rings. The zero-order valence-corrected chi connectivity index (χ0v) is 45.7. The van der Waals surface area contributed by atoms with E-state index in [1.807, 2.05) is 0 Å². The SMILES string of the molecule is O=C(CBr)N1CCN(C(=O)CN(CC(=O)N2CCN(C(=O)CBr)CC2)C(=O)OCCOCCCCOCCOC(=O)N(CC(=O)N2CCN(C(=O)CBr)CC2)CC(=O)N2CCN(C(=O)CBr)CC2)CC1. The van der Waals surface area contributed by atoms with Crippen LogP contribution < -0.4 is 0 Å². The maximum atomic E-state index is 13.3. The molecule has 0 aromatic heterocycles. The third kappa shape index (κ3) is 19.3. The van der Waals surface area contributed by atoms with Crippen molar-refractivity contribution in [1.82, 2.24) is 49.0 Å². The van der Waals surface area contributed by atoms with Crippen molar-refractivity contribution in [2.24, 2.45) is 0 Å². The fraction of sp³-hybridized carbons (Fsp3) is 0.762. The van der Waals surface area contributed by atoms with Crippen LogP contribution in [0.3, 0.4) is 0 Å². The molecule has 0 aliphatic carbocycles. The molecule has 4 saturated heterocycles. The van der Waals surface area contributed by atoms with Gasteiger partial charge in [-0.25, -0.2) is 9.59 Å². The van der Waals surface area contributed by atoms with Gasteiger partial charge < -0.3 is 58.1 Å². The Balaban J connectivity index is 1.15. The molecule has 28 heteroatoms. The Morgan fingerprint density at radius 1 is 0.300 bits per heavy atom. The van der Waals surface area contributed by atoms with Crippen LogP contribution in [0.1, 0.15) is 12.8 Å². The summed E-state index contributed by atoms with van der Waals surface area (Å²) >= 11 is 12.6. The van der Waals surface area contributed by atoms with Crippen molar-refractivity contribution in [1.29, 1.82) is 0 Å². The molecule has 0 aromatic carbocycles. The maximum absolute atomic E-state index is 13.3. The highest BCUT2D eigenvalue weighted by Gasteiger charge is 2.33. The van der Waals surface area contributed by atoms with Crippen LogP contribution in [0.2, 0.25) is 0 Å². The third-order valence-electron chi connectivity index (χ3n) is 12.0. The van der Waals surface area contributed by atoms with E-state index in [-0.39, 0.29) is 147 Å². The van der Waals surface area contributed by atoms with Gasteiger partial charge in [-0.05, 0) is 12.8 Å². The number of halogens is 4. The zero-order valence-electron chi connectivity index (χ0n) is 39.3. The average molecular weight is 1250 g/mol. The summed E-state index contributed by atoms with van der Waals surface area (Å²) in [6, 6.07) is 0. The second-order valence-electron chi connectivity index (χ2n) is 16.5. The minimum atomic E-state index is -0.863. The molecule has 0 atom stereocenters. The molecule has 0 bridgehead atoms. The normalized spacial score (nSPS) is 16.5. The summed E-state index contributed by atoms with van der Waals surface area (Å²) in [5.74, 6) is -1.90. The van der Waals surface area contributed by atoms with E-state index in [1.165, 1.54) is 0 Å². The fourth-order valence-corrected chi connectivity index (χ4v) is 9.17. The predicted octanol–water partition coefficient (Wildman–Crippen LogP) is -1.06. The largest absolute Gasteiger partial charge is 0.447 e. The lowest BCUT2D eigenvalue weighted by molar-refractivity contribution is -0.141. The van der Waals surface area contributed by atoms with Crippen LogP contribution in [0.25, 0.3) is 0 Å². The smallest absolute Gasteiger partial charge is 0.410 e. The first-order valence-corrected chi connectivity index (χ1v) is 27.6. The van der Waals surface area contributed by atoms with Crippen molar-refractivity contribution in [3.05, 3.63) is 0 Å². The van der Waals surface area contributed by atoms with Gasteiger partial charge in [0.25, 0.3) is 0 Å². The lowest BCUT2D eigenvalue weighted by atomic mass is 10.3. The highest BCUT2D eigenvalue weighted by atomic mass is 79.9. The van der Waals surface area contributed by atoms with E-state index in [4.69, 9.17) is 18.9 Å². The number of unbranched alkanes of at least 4 members (excludes halogenated alkanes) is 1. The van der Waals surface area contributed by atoms with Gasteiger partial charge in [0.15, 0.2) is 0 Å². The van der Waals surface area contributed by atoms with Crippen molar-refractivity contribution in [3.63, 3.8) is 0 Å². The van der Waals surface area contributed by atoms with E-state index in [1.54, 1.807) is 39.2 Å². The molecular formula is C42H64Br4N10O14. The van der Waals surface area contributed by atoms with E-state index < -0.39 is 38.4 Å². The molecule has 4 aliphatic rings. The monoisotopic (exact) mass is 1250 g/mol. The molecule has 70 heavy (non-hydrogen) atoms. The van der Waals surface area contributed by atoms with Crippen LogP contribution >= 0.6 is 63.7 Å². The lowest BCUT2D eigenvalue weighted by Gasteiger charge is -2.37. The van der Waals surface area contributed by atoms with Gasteiger partial charge in [-0.15, -0.1) is 0 Å². The first kappa shape index (κ1) is 58.7. The number of piperazine rings is 4. The Morgan fingerprint density at radius 3 is 0.700 bits per heavy atom. The van der Waals surface area contributed by atoms with Crippen LogP contribution in [0.15, 0.2) is 0 Å². The third-order valence-corrected chi connectivity index (χ3v) is 13.9. The number of rotatable bonds is 23.